The first-order chi connectivity index (χ1) is 9.38. The fraction of sp³-hybridized carbons (Fsp3) is 0. The van der Waals surface area contributed by atoms with Crippen LogP contribution in [0.3, 0.4) is 0 Å². The van der Waals surface area contributed by atoms with Crippen LogP contribution in [0.5, 0.6) is 11.5 Å². The van der Waals surface area contributed by atoms with Crippen LogP contribution in [0.15, 0.2) is 34.8 Å². The molecule has 0 spiro atoms. The molecule has 0 bridgehead atoms. The Hall–Kier alpha value is -1.73. The largest absolute Gasteiger partial charge is 0.450 e. The molecule has 0 aromatic heterocycles. The van der Waals surface area contributed by atoms with Crippen LogP contribution in [0.4, 0.5) is 14.5 Å². The standard InChI is InChI=1S/C12H5BrClF2NO3/c13-7-2-1-6(3-9(7)15)20-12-4-8(14)10(16)5-11(12)17(18)19/h1-5H. The summed E-state index contributed by atoms with van der Waals surface area (Å²) in [5.74, 6) is -1.79. The van der Waals surface area contributed by atoms with Gasteiger partial charge in [-0.1, -0.05) is 11.6 Å². The predicted octanol–water partition coefficient (Wildman–Crippen LogP) is 5.08. The molecule has 2 rings (SSSR count). The molecule has 0 radical (unpaired) electrons. The van der Waals surface area contributed by atoms with Gasteiger partial charge in [-0.3, -0.25) is 10.1 Å². The van der Waals surface area contributed by atoms with Crippen LogP contribution < -0.4 is 4.74 Å². The average Bonchev–Trinajstić information content (AvgIpc) is 2.37. The Morgan fingerprint density at radius 2 is 1.90 bits per heavy atom. The zero-order valence-electron chi connectivity index (χ0n) is 9.57. The maximum Gasteiger partial charge on any atom is 0.314 e. The van der Waals surface area contributed by atoms with Gasteiger partial charge in [0.05, 0.1) is 20.5 Å². The molecule has 2 aromatic rings. The van der Waals surface area contributed by atoms with E-state index in [0.717, 1.165) is 12.1 Å². The summed E-state index contributed by atoms with van der Waals surface area (Å²) in [5, 5.41) is 10.5. The van der Waals surface area contributed by atoms with E-state index < -0.39 is 22.2 Å². The van der Waals surface area contributed by atoms with Gasteiger partial charge >= 0.3 is 5.69 Å². The van der Waals surface area contributed by atoms with Gasteiger partial charge < -0.3 is 4.74 Å². The van der Waals surface area contributed by atoms with Crippen LogP contribution in [-0.2, 0) is 0 Å². The molecule has 0 aliphatic carbocycles. The molecular formula is C12H5BrClF2NO3. The zero-order valence-corrected chi connectivity index (χ0v) is 11.9. The van der Waals surface area contributed by atoms with E-state index in [-0.39, 0.29) is 21.0 Å². The van der Waals surface area contributed by atoms with E-state index in [0.29, 0.717) is 6.07 Å². The molecule has 0 unspecified atom stereocenters. The van der Waals surface area contributed by atoms with Crippen molar-refractivity contribution in [2.45, 2.75) is 0 Å². The molecule has 4 nitrogen and oxygen atoms in total. The van der Waals surface area contributed by atoms with Crippen molar-refractivity contribution in [3.05, 3.63) is 61.6 Å². The van der Waals surface area contributed by atoms with Gasteiger partial charge in [-0.15, -0.1) is 0 Å². The number of ether oxygens (including phenoxy) is 1. The first kappa shape index (κ1) is 14.7. The van der Waals surface area contributed by atoms with Crippen molar-refractivity contribution in [1.29, 1.82) is 0 Å². The molecule has 0 saturated carbocycles. The van der Waals surface area contributed by atoms with E-state index in [1.54, 1.807) is 0 Å². The molecule has 0 aliphatic rings. The molecule has 0 aliphatic heterocycles. The van der Waals surface area contributed by atoms with Crippen molar-refractivity contribution in [1.82, 2.24) is 0 Å². The second-order valence-electron chi connectivity index (χ2n) is 3.67. The molecule has 0 amide bonds. The normalized spacial score (nSPS) is 10.4. The predicted molar refractivity (Wildman–Crippen MR) is 72.2 cm³/mol. The van der Waals surface area contributed by atoms with Crippen molar-refractivity contribution in [3.8, 4) is 11.5 Å². The number of hydrogen-bond acceptors (Lipinski definition) is 3. The number of hydrogen-bond donors (Lipinski definition) is 0. The molecule has 8 heteroatoms. The van der Waals surface area contributed by atoms with Crippen LogP contribution in [0.2, 0.25) is 5.02 Å². The highest BCUT2D eigenvalue weighted by atomic mass is 79.9. The highest BCUT2D eigenvalue weighted by Gasteiger charge is 2.20. The third kappa shape index (κ3) is 3.05. The van der Waals surface area contributed by atoms with Crippen LogP contribution in [0, 0.1) is 21.7 Å². The van der Waals surface area contributed by atoms with E-state index in [9.17, 15) is 18.9 Å². The minimum atomic E-state index is -0.937. The number of nitro benzene ring substituents is 1. The highest BCUT2D eigenvalue weighted by Crippen LogP contribution is 2.36. The highest BCUT2D eigenvalue weighted by molar-refractivity contribution is 9.10. The monoisotopic (exact) mass is 363 g/mol. The number of nitrogens with zero attached hydrogens (tertiary/aromatic N) is 1. The van der Waals surface area contributed by atoms with Gasteiger partial charge in [0.15, 0.2) is 0 Å². The van der Waals surface area contributed by atoms with E-state index in [1.807, 2.05) is 0 Å². The summed E-state index contributed by atoms with van der Waals surface area (Å²) in [4.78, 5) is 10.0. The second-order valence-corrected chi connectivity index (χ2v) is 4.93. The van der Waals surface area contributed by atoms with Gasteiger partial charge in [-0.25, -0.2) is 8.78 Å². The quantitative estimate of drug-likeness (QED) is 0.563. The van der Waals surface area contributed by atoms with E-state index in [4.69, 9.17) is 16.3 Å². The Morgan fingerprint density at radius 1 is 1.20 bits per heavy atom. The second kappa shape index (κ2) is 5.72. The Kier molecular flexibility index (Phi) is 4.20. The molecule has 0 saturated heterocycles. The van der Waals surface area contributed by atoms with Crippen LogP contribution >= 0.6 is 27.5 Å². The minimum Gasteiger partial charge on any atom is -0.450 e. The number of benzene rings is 2. The fourth-order valence-corrected chi connectivity index (χ4v) is 1.81. The van der Waals surface area contributed by atoms with Crippen molar-refractivity contribution in [2.75, 3.05) is 0 Å². The summed E-state index contributed by atoms with van der Waals surface area (Å²) < 4.78 is 32.0. The molecule has 2 aromatic carbocycles. The molecule has 20 heavy (non-hydrogen) atoms. The Balaban J connectivity index is 2.44. The van der Waals surface area contributed by atoms with Gasteiger partial charge in [0, 0.05) is 12.1 Å². The SMILES string of the molecule is O=[N+]([O-])c1cc(F)c(Cl)cc1Oc1ccc(Br)c(F)c1. The fourth-order valence-electron chi connectivity index (χ4n) is 1.41. The van der Waals surface area contributed by atoms with Crippen LogP contribution in [0.1, 0.15) is 0 Å². The topological polar surface area (TPSA) is 52.4 Å². The average molecular weight is 365 g/mol. The third-order valence-corrected chi connectivity index (χ3v) is 3.25. The van der Waals surface area contributed by atoms with Gasteiger partial charge in [-0.05, 0) is 28.1 Å². The number of nitro groups is 1. The first-order valence-corrected chi connectivity index (χ1v) is 6.32. The number of halogens is 4. The minimum absolute atomic E-state index is 0.0245. The van der Waals surface area contributed by atoms with E-state index >= 15 is 0 Å². The van der Waals surface area contributed by atoms with Crippen LogP contribution in [0.25, 0.3) is 0 Å². The van der Waals surface area contributed by atoms with Crippen LogP contribution in [-0.4, -0.2) is 4.92 Å². The van der Waals surface area contributed by atoms with E-state index in [1.165, 1.54) is 12.1 Å². The van der Waals surface area contributed by atoms with Crippen molar-refractivity contribution >= 4 is 33.2 Å². The smallest absolute Gasteiger partial charge is 0.314 e. The molecule has 0 heterocycles. The van der Waals surface area contributed by atoms with Crippen molar-refractivity contribution < 1.29 is 18.4 Å². The van der Waals surface area contributed by atoms with E-state index in [2.05, 4.69) is 15.9 Å². The Bertz CT molecular complexity index is 697. The summed E-state index contributed by atoms with van der Waals surface area (Å²) in [6.07, 6.45) is 0. The summed E-state index contributed by atoms with van der Waals surface area (Å²) in [5.41, 5.74) is -0.602. The Morgan fingerprint density at radius 3 is 2.50 bits per heavy atom. The molecule has 0 atom stereocenters. The molecule has 104 valence electrons. The summed E-state index contributed by atoms with van der Waals surface area (Å²) in [7, 11) is 0. The maximum absolute atomic E-state index is 13.3. The molecule has 0 fully saturated rings. The lowest BCUT2D eigenvalue weighted by Gasteiger charge is -2.07. The first-order valence-electron chi connectivity index (χ1n) is 5.15. The summed E-state index contributed by atoms with van der Waals surface area (Å²) in [6, 6.07) is 5.42. The van der Waals surface area contributed by atoms with Gasteiger partial charge in [0.25, 0.3) is 0 Å². The third-order valence-electron chi connectivity index (χ3n) is 2.32. The van der Waals surface area contributed by atoms with Gasteiger partial charge in [0.2, 0.25) is 5.75 Å². The molecule has 0 N–H and O–H groups in total. The van der Waals surface area contributed by atoms with Crippen molar-refractivity contribution in [2.24, 2.45) is 0 Å². The lowest BCUT2D eigenvalue weighted by Crippen LogP contribution is -1.95. The zero-order chi connectivity index (χ0) is 14.9. The van der Waals surface area contributed by atoms with Crippen molar-refractivity contribution in [3.63, 3.8) is 0 Å². The summed E-state index contributed by atoms with van der Waals surface area (Å²) in [6.45, 7) is 0. The lowest BCUT2D eigenvalue weighted by molar-refractivity contribution is -0.385. The maximum atomic E-state index is 13.3. The number of rotatable bonds is 3. The molecular weight excluding hydrogens is 359 g/mol. The lowest BCUT2D eigenvalue weighted by atomic mass is 10.2. The van der Waals surface area contributed by atoms with Gasteiger partial charge in [-0.2, -0.15) is 0 Å². The van der Waals surface area contributed by atoms with Gasteiger partial charge in [0.1, 0.15) is 17.4 Å². The summed E-state index contributed by atoms with van der Waals surface area (Å²) >= 11 is 8.52. The Labute approximate surface area is 125 Å².